The third-order valence-electron chi connectivity index (χ3n) is 2.29. The Bertz CT molecular complexity index is 554. The summed E-state index contributed by atoms with van der Waals surface area (Å²) in [6.07, 6.45) is 3.03. The Morgan fingerprint density at radius 1 is 1.33 bits per heavy atom. The molecule has 1 amide bonds. The van der Waals surface area contributed by atoms with Gasteiger partial charge >= 0.3 is 0 Å². The summed E-state index contributed by atoms with van der Waals surface area (Å²) in [6.45, 7) is 0. The van der Waals surface area contributed by atoms with E-state index < -0.39 is 0 Å². The van der Waals surface area contributed by atoms with E-state index in [9.17, 15) is 4.79 Å². The first-order valence-corrected chi connectivity index (χ1v) is 5.22. The molecule has 6 heteroatoms. The fraction of sp³-hybridized carbons (Fsp3) is 0.0833. The lowest BCUT2D eigenvalue weighted by molar-refractivity contribution is 0.102. The number of carbonyl (C=O) groups excluding carboxylic acids is 1. The Hall–Kier alpha value is -2.63. The van der Waals surface area contributed by atoms with E-state index in [-0.39, 0.29) is 11.7 Å². The number of rotatable bonds is 3. The second kappa shape index (κ2) is 5.13. The number of amides is 1. The summed E-state index contributed by atoms with van der Waals surface area (Å²) in [6, 6.07) is 6.60. The molecule has 0 saturated carbocycles. The van der Waals surface area contributed by atoms with Gasteiger partial charge in [-0.15, -0.1) is 0 Å². The van der Waals surface area contributed by atoms with Crippen molar-refractivity contribution in [3.8, 4) is 5.88 Å². The van der Waals surface area contributed by atoms with Gasteiger partial charge in [0, 0.05) is 12.3 Å². The summed E-state index contributed by atoms with van der Waals surface area (Å²) < 4.78 is 4.92. The molecule has 18 heavy (non-hydrogen) atoms. The zero-order chi connectivity index (χ0) is 13.0. The van der Waals surface area contributed by atoms with Crippen molar-refractivity contribution in [3.05, 3.63) is 42.2 Å². The smallest absolute Gasteiger partial charge is 0.259 e. The van der Waals surface area contributed by atoms with Crippen molar-refractivity contribution in [2.24, 2.45) is 0 Å². The number of ether oxygens (including phenoxy) is 1. The van der Waals surface area contributed by atoms with Crippen LogP contribution in [-0.2, 0) is 0 Å². The Morgan fingerprint density at radius 3 is 2.78 bits per heavy atom. The molecule has 0 bridgehead atoms. The number of pyridine rings is 2. The Balaban J connectivity index is 2.14. The van der Waals surface area contributed by atoms with Crippen LogP contribution in [0.1, 0.15) is 10.4 Å². The minimum Gasteiger partial charge on any atom is -0.481 e. The maximum absolute atomic E-state index is 11.9. The highest BCUT2D eigenvalue weighted by Gasteiger charge is 2.10. The van der Waals surface area contributed by atoms with Crippen LogP contribution < -0.4 is 15.8 Å². The number of nitrogens with zero attached hydrogens (tertiary/aromatic N) is 2. The van der Waals surface area contributed by atoms with E-state index in [0.717, 1.165) is 0 Å². The zero-order valence-corrected chi connectivity index (χ0v) is 9.75. The summed E-state index contributed by atoms with van der Waals surface area (Å²) >= 11 is 0. The van der Waals surface area contributed by atoms with Gasteiger partial charge in [0.1, 0.15) is 5.82 Å². The summed E-state index contributed by atoms with van der Waals surface area (Å²) in [5.74, 6) is 0.345. The molecule has 2 rings (SSSR count). The Kier molecular flexibility index (Phi) is 3.38. The number of aromatic nitrogens is 2. The van der Waals surface area contributed by atoms with E-state index in [1.807, 2.05) is 0 Å². The number of hydrogen-bond donors (Lipinski definition) is 2. The molecule has 0 aliphatic rings. The van der Waals surface area contributed by atoms with Gasteiger partial charge in [0.25, 0.3) is 5.91 Å². The van der Waals surface area contributed by atoms with Gasteiger partial charge in [-0.2, -0.15) is 0 Å². The van der Waals surface area contributed by atoms with Gasteiger partial charge in [-0.05, 0) is 18.2 Å². The molecule has 0 fully saturated rings. The summed E-state index contributed by atoms with van der Waals surface area (Å²) in [5, 5.41) is 2.67. The highest BCUT2D eigenvalue weighted by atomic mass is 16.5. The lowest BCUT2D eigenvalue weighted by Crippen LogP contribution is -2.14. The predicted octanol–water partition coefficient (Wildman–Crippen LogP) is 1.32. The fourth-order valence-electron chi connectivity index (χ4n) is 1.38. The third kappa shape index (κ3) is 2.54. The average molecular weight is 244 g/mol. The van der Waals surface area contributed by atoms with Crippen LogP contribution in [0.2, 0.25) is 0 Å². The third-order valence-corrected chi connectivity index (χ3v) is 2.29. The van der Waals surface area contributed by atoms with Crippen LogP contribution in [0.15, 0.2) is 36.7 Å². The number of nitrogens with two attached hydrogens (primary N) is 1. The van der Waals surface area contributed by atoms with Crippen LogP contribution in [0.4, 0.5) is 11.5 Å². The molecule has 0 aliphatic heterocycles. The lowest BCUT2D eigenvalue weighted by Gasteiger charge is -2.06. The first-order valence-electron chi connectivity index (χ1n) is 5.22. The van der Waals surface area contributed by atoms with E-state index in [4.69, 9.17) is 10.5 Å². The molecule has 6 nitrogen and oxygen atoms in total. The zero-order valence-electron chi connectivity index (χ0n) is 9.75. The molecule has 0 spiro atoms. The second-order valence-corrected chi connectivity index (χ2v) is 3.48. The maximum atomic E-state index is 11.9. The Morgan fingerprint density at radius 2 is 2.17 bits per heavy atom. The SMILES string of the molecule is COc1ccc(NC(=O)c2cccnc2N)cn1. The van der Waals surface area contributed by atoms with Gasteiger partial charge in [-0.3, -0.25) is 4.79 Å². The maximum Gasteiger partial charge on any atom is 0.259 e. The molecular weight excluding hydrogens is 232 g/mol. The number of methoxy groups -OCH3 is 1. The van der Waals surface area contributed by atoms with E-state index in [2.05, 4.69) is 15.3 Å². The van der Waals surface area contributed by atoms with E-state index in [1.54, 1.807) is 24.3 Å². The van der Waals surface area contributed by atoms with Crippen LogP contribution >= 0.6 is 0 Å². The first-order chi connectivity index (χ1) is 8.70. The molecule has 0 aromatic carbocycles. The minimum absolute atomic E-state index is 0.191. The van der Waals surface area contributed by atoms with Crippen LogP contribution in [0.25, 0.3) is 0 Å². The van der Waals surface area contributed by atoms with Crippen molar-refractivity contribution in [1.29, 1.82) is 0 Å². The summed E-state index contributed by atoms with van der Waals surface area (Å²) in [4.78, 5) is 19.7. The van der Waals surface area contributed by atoms with Crippen LogP contribution in [-0.4, -0.2) is 23.0 Å². The highest BCUT2D eigenvalue weighted by molar-refractivity contribution is 6.07. The Labute approximate surface area is 104 Å². The van der Waals surface area contributed by atoms with Crippen molar-refractivity contribution in [3.63, 3.8) is 0 Å². The van der Waals surface area contributed by atoms with Crippen LogP contribution in [0.3, 0.4) is 0 Å². The van der Waals surface area contributed by atoms with Crippen molar-refractivity contribution in [1.82, 2.24) is 9.97 Å². The van der Waals surface area contributed by atoms with Gasteiger partial charge in [-0.1, -0.05) is 0 Å². The molecule has 0 saturated heterocycles. The topological polar surface area (TPSA) is 90.1 Å². The molecule has 2 heterocycles. The van der Waals surface area contributed by atoms with Gasteiger partial charge < -0.3 is 15.8 Å². The van der Waals surface area contributed by atoms with Gasteiger partial charge in [0.05, 0.1) is 24.6 Å². The summed E-state index contributed by atoms with van der Waals surface area (Å²) in [7, 11) is 1.52. The predicted molar refractivity (Wildman–Crippen MR) is 67.4 cm³/mol. The average Bonchev–Trinajstić information content (AvgIpc) is 2.40. The molecule has 2 aromatic heterocycles. The molecule has 3 N–H and O–H groups in total. The van der Waals surface area contributed by atoms with E-state index in [1.165, 1.54) is 19.5 Å². The summed E-state index contributed by atoms with van der Waals surface area (Å²) in [5.41, 5.74) is 6.50. The van der Waals surface area contributed by atoms with Gasteiger partial charge in [0.15, 0.2) is 0 Å². The quantitative estimate of drug-likeness (QED) is 0.849. The number of nitrogen functional groups attached to an aromatic ring is 1. The highest BCUT2D eigenvalue weighted by Crippen LogP contribution is 2.14. The largest absolute Gasteiger partial charge is 0.481 e. The van der Waals surface area contributed by atoms with Crippen molar-refractivity contribution < 1.29 is 9.53 Å². The lowest BCUT2D eigenvalue weighted by atomic mass is 10.2. The van der Waals surface area contributed by atoms with Crippen molar-refractivity contribution >= 4 is 17.4 Å². The van der Waals surface area contributed by atoms with Gasteiger partial charge in [0.2, 0.25) is 5.88 Å². The molecule has 0 radical (unpaired) electrons. The minimum atomic E-state index is -0.326. The van der Waals surface area contributed by atoms with Crippen molar-refractivity contribution in [2.45, 2.75) is 0 Å². The number of anilines is 2. The molecule has 0 unspecified atom stereocenters. The number of carbonyl (C=O) groups is 1. The monoisotopic (exact) mass is 244 g/mol. The van der Waals surface area contributed by atoms with Crippen molar-refractivity contribution in [2.75, 3.05) is 18.2 Å². The normalized spacial score (nSPS) is 9.83. The van der Waals surface area contributed by atoms with Crippen LogP contribution in [0.5, 0.6) is 5.88 Å². The molecule has 2 aromatic rings. The molecule has 0 aliphatic carbocycles. The van der Waals surface area contributed by atoms with Crippen LogP contribution in [0, 0.1) is 0 Å². The van der Waals surface area contributed by atoms with Gasteiger partial charge in [-0.25, -0.2) is 9.97 Å². The van der Waals surface area contributed by atoms with E-state index in [0.29, 0.717) is 17.1 Å². The molecule has 92 valence electrons. The fourth-order valence-corrected chi connectivity index (χ4v) is 1.38. The molecule has 0 atom stereocenters. The standard InChI is InChI=1S/C12H12N4O2/c1-18-10-5-4-8(7-15-10)16-12(17)9-3-2-6-14-11(9)13/h2-7H,1H3,(H2,13,14)(H,16,17). The number of hydrogen-bond acceptors (Lipinski definition) is 5. The first kappa shape index (κ1) is 11.8. The number of nitrogens with one attached hydrogen (secondary N) is 1. The van der Waals surface area contributed by atoms with E-state index >= 15 is 0 Å². The second-order valence-electron chi connectivity index (χ2n) is 3.48. The molecular formula is C12H12N4O2.